The minimum atomic E-state index is 0.0533. The molecule has 1 amide bonds. The van der Waals surface area contributed by atoms with Gasteiger partial charge in [0.25, 0.3) is 5.91 Å². The number of rotatable bonds is 5. The maximum absolute atomic E-state index is 12.4. The number of thiophene rings is 1. The van der Waals surface area contributed by atoms with E-state index in [4.69, 9.17) is 0 Å². The Morgan fingerprint density at radius 1 is 1.29 bits per heavy atom. The van der Waals surface area contributed by atoms with Crippen LogP contribution in [0.4, 0.5) is 0 Å². The highest BCUT2D eigenvalue weighted by Gasteiger charge is 2.26. The Hall–Kier alpha value is -1.75. The molecule has 1 N–H and O–H groups in total. The van der Waals surface area contributed by atoms with Crippen LogP contribution in [0, 0.1) is 5.92 Å². The zero-order valence-corrected chi connectivity index (χ0v) is 14.9. The van der Waals surface area contributed by atoms with Gasteiger partial charge in [0.05, 0.1) is 4.88 Å². The maximum Gasteiger partial charge on any atom is 0.261 e. The van der Waals surface area contributed by atoms with Gasteiger partial charge in [0.2, 0.25) is 0 Å². The third kappa shape index (κ3) is 3.51. The van der Waals surface area contributed by atoms with E-state index in [1.807, 2.05) is 12.4 Å². The maximum atomic E-state index is 12.4. The molecule has 4 nitrogen and oxygen atoms in total. The van der Waals surface area contributed by atoms with Gasteiger partial charge in [0, 0.05) is 29.7 Å². The van der Waals surface area contributed by atoms with Gasteiger partial charge in [-0.3, -0.25) is 4.79 Å². The van der Waals surface area contributed by atoms with Gasteiger partial charge in [0.1, 0.15) is 5.82 Å². The molecule has 24 heavy (non-hydrogen) atoms. The Bertz CT molecular complexity index is 734. The predicted octanol–water partition coefficient (Wildman–Crippen LogP) is 3.51. The number of fused-ring (bicyclic) bond motifs is 1. The van der Waals surface area contributed by atoms with Crippen LogP contribution in [-0.2, 0) is 19.3 Å². The Balaban J connectivity index is 1.30. The molecule has 0 bridgehead atoms. The number of amides is 1. The first-order chi connectivity index (χ1) is 11.7. The lowest BCUT2D eigenvalue weighted by Gasteiger charge is -2.16. The van der Waals surface area contributed by atoms with Crippen LogP contribution in [0.1, 0.15) is 63.6 Å². The number of aryl methyl sites for hydroxylation is 1. The van der Waals surface area contributed by atoms with Crippen LogP contribution >= 0.6 is 11.3 Å². The number of carbonyl (C=O) groups is 1. The zero-order chi connectivity index (χ0) is 16.5. The van der Waals surface area contributed by atoms with Gasteiger partial charge in [-0.15, -0.1) is 11.3 Å². The quantitative estimate of drug-likeness (QED) is 0.905. The standard InChI is InChI=1S/C19H23N3OS/c1-12-2-5-16-15(8-12)9-17(24-16)19(23)20-7-6-13-10-21-18(22-11-13)14-3-4-14/h9-12,14H,2-8H2,1H3,(H,20,23). The SMILES string of the molecule is CC1CCc2sc(C(=O)NCCc3cnc(C4CC4)nc3)cc2C1. The molecule has 0 spiro atoms. The van der Waals surface area contributed by atoms with Crippen LogP contribution in [0.15, 0.2) is 18.5 Å². The van der Waals surface area contributed by atoms with Crippen molar-refractivity contribution < 1.29 is 4.79 Å². The van der Waals surface area contributed by atoms with Gasteiger partial charge in [-0.25, -0.2) is 9.97 Å². The lowest BCUT2D eigenvalue weighted by Crippen LogP contribution is -2.25. The smallest absolute Gasteiger partial charge is 0.261 e. The van der Waals surface area contributed by atoms with Crippen LogP contribution in [-0.4, -0.2) is 22.4 Å². The van der Waals surface area contributed by atoms with Gasteiger partial charge >= 0.3 is 0 Å². The average molecular weight is 341 g/mol. The average Bonchev–Trinajstić information content (AvgIpc) is 3.34. The van der Waals surface area contributed by atoms with Gasteiger partial charge in [-0.05, 0) is 61.6 Å². The molecule has 0 aromatic carbocycles. The monoisotopic (exact) mass is 341 g/mol. The molecule has 5 heteroatoms. The molecule has 0 saturated heterocycles. The number of hydrogen-bond acceptors (Lipinski definition) is 4. The van der Waals surface area contributed by atoms with Crippen molar-refractivity contribution >= 4 is 17.2 Å². The normalized spacial score (nSPS) is 19.8. The minimum Gasteiger partial charge on any atom is -0.351 e. The minimum absolute atomic E-state index is 0.0533. The Morgan fingerprint density at radius 2 is 2.08 bits per heavy atom. The van der Waals surface area contributed by atoms with Crippen molar-refractivity contribution in [3.8, 4) is 0 Å². The highest BCUT2D eigenvalue weighted by Crippen LogP contribution is 2.37. The fourth-order valence-electron chi connectivity index (χ4n) is 3.27. The van der Waals surface area contributed by atoms with Gasteiger partial charge in [-0.1, -0.05) is 6.92 Å². The molecule has 1 fully saturated rings. The summed E-state index contributed by atoms with van der Waals surface area (Å²) in [5, 5.41) is 3.03. The topological polar surface area (TPSA) is 54.9 Å². The first-order valence-electron chi connectivity index (χ1n) is 8.89. The van der Waals surface area contributed by atoms with Crippen molar-refractivity contribution in [2.45, 2.75) is 51.4 Å². The van der Waals surface area contributed by atoms with E-state index in [0.717, 1.165) is 41.4 Å². The van der Waals surface area contributed by atoms with Gasteiger partial charge in [0.15, 0.2) is 0 Å². The molecule has 4 rings (SSSR count). The van der Waals surface area contributed by atoms with Gasteiger partial charge < -0.3 is 5.32 Å². The van der Waals surface area contributed by atoms with E-state index in [9.17, 15) is 4.79 Å². The van der Waals surface area contributed by atoms with E-state index in [0.29, 0.717) is 12.5 Å². The first kappa shape index (κ1) is 15.8. The van der Waals surface area contributed by atoms with Crippen molar-refractivity contribution in [1.82, 2.24) is 15.3 Å². The van der Waals surface area contributed by atoms with Crippen LogP contribution in [0.3, 0.4) is 0 Å². The van der Waals surface area contributed by atoms with Crippen molar-refractivity contribution in [2.24, 2.45) is 5.92 Å². The molecule has 2 aliphatic rings. The Kier molecular flexibility index (Phi) is 4.35. The summed E-state index contributed by atoms with van der Waals surface area (Å²) in [7, 11) is 0. The fourth-order valence-corrected chi connectivity index (χ4v) is 4.40. The molecule has 0 radical (unpaired) electrons. The van der Waals surface area contributed by atoms with Crippen molar-refractivity contribution in [3.05, 3.63) is 45.2 Å². The molecular formula is C19H23N3OS. The third-order valence-electron chi connectivity index (χ3n) is 4.92. The van der Waals surface area contributed by atoms with E-state index >= 15 is 0 Å². The highest BCUT2D eigenvalue weighted by molar-refractivity contribution is 7.14. The van der Waals surface area contributed by atoms with Crippen LogP contribution in [0.25, 0.3) is 0 Å². The van der Waals surface area contributed by atoms with E-state index in [-0.39, 0.29) is 5.91 Å². The van der Waals surface area contributed by atoms with E-state index in [1.54, 1.807) is 11.3 Å². The summed E-state index contributed by atoms with van der Waals surface area (Å²) in [6.07, 6.45) is 10.5. The van der Waals surface area contributed by atoms with E-state index < -0.39 is 0 Å². The first-order valence-corrected chi connectivity index (χ1v) is 9.71. The second-order valence-corrected chi connectivity index (χ2v) is 8.27. The fraction of sp³-hybridized carbons (Fsp3) is 0.526. The second-order valence-electron chi connectivity index (χ2n) is 7.14. The van der Waals surface area contributed by atoms with Crippen molar-refractivity contribution in [1.29, 1.82) is 0 Å². The summed E-state index contributed by atoms with van der Waals surface area (Å²) < 4.78 is 0. The Morgan fingerprint density at radius 3 is 2.83 bits per heavy atom. The second kappa shape index (κ2) is 6.63. The number of nitrogens with zero attached hydrogens (tertiary/aromatic N) is 2. The predicted molar refractivity (Wildman–Crippen MR) is 95.6 cm³/mol. The number of carbonyl (C=O) groups excluding carboxylic acids is 1. The van der Waals surface area contributed by atoms with Crippen LogP contribution in [0.5, 0.6) is 0 Å². The largest absolute Gasteiger partial charge is 0.351 e. The highest BCUT2D eigenvalue weighted by atomic mass is 32.1. The molecule has 1 saturated carbocycles. The molecule has 2 aromatic rings. The number of aromatic nitrogens is 2. The number of hydrogen-bond donors (Lipinski definition) is 1. The summed E-state index contributed by atoms with van der Waals surface area (Å²) in [4.78, 5) is 23.5. The summed E-state index contributed by atoms with van der Waals surface area (Å²) >= 11 is 1.67. The van der Waals surface area contributed by atoms with Crippen molar-refractivity contribution in [2.75, 3.05) is 6.54 Å². The summed E-state index contributed by atoms with van der Waals surface area (Å²) in [6, 6.07) is 2.10. The zero-order valence-electron chi connectivity index (χ0n) is 14.0. The molecule has 1 unspecified atom stereocenters. The van der Waals surface area contributed by atoms with Crippen LogP contribution in [0.2, 0.25) is 0 Å². The summed E-state index contributed by atoms with van der Waals surface area (Å²) in [6.45, 7) is 2.92. The third-order valence-corrected chi connectivity index (χ3v) is 6.16. The van der Waals surface area contributed by atoms with E-state index in [2.05, 4.69) is 28.3 Å². The van der Waals surface area contributed by atoms with Gasteiger partial charge in [-0.2, -0.15) is 0 Å². The molecule has 2 aliphatic carbocycles. The lowest BCUT2D eigenvalue weighted by atomic mass is 9.90. The summed E-state index contributed by atoms with van der Waals surface area (Å²) in [5.41, 5.74) is 2.46. The van der Waals surface area contributed by atoms with Crippen LogP contribution < -0.4 is 5.32 Å². The molecule has 2 heterocycles. The molecule has 1 atom stereocenters. The molecule has 2 aromatic heterocycles. The summed E-state index contributed by atoms with van der Waals surface area (Å²) in [5.74, 6) is 2.35. The van der Waals surface area contributed by atoms with Crippen molar-refractivity contribution in [3.63, 3.8) is 0 Å². The molecule has 0 aliphatic heterocycles. The number of nitrogens with one attached hydrogen (secondary N) is 1. The molecule has 126 valence electrons. The molecular weight excluding hydrogens is 318 g/mol. The Labute approximate surface area is 146 Å². The lowest BCUT2D eigenvalue weighted by molar-refractivity contribution is 0.0958. The van der Waals surface area contributed by atoms with E-state index in [1.165, 1.54) is 29.7 Å².